The molecule has 3 amide bonds. The summed E-state index contributed by atoms with van der Waals surface area (Å²) < 4.78 is 0. The third kappa shape index (κ3) is 4.01. The number of nitrogens with zero attached hydrogens (tertiary/aromatic N) is 1. The van der Waals surface area contributed by atoms with Crippen molar-refractivity contribution in [3.8, 4) is 0 Å². The van der Waals surface area contributed by atoms with Gasteiger partial charge in [-0.3, -0.25) is 9.69 Å². The molecule has 3 N–H and O–H groups in total. The molecule has 1 aromatic carbocycles. The quantitative estimate of drug-likeness (QED) is 0.773. The lowest BCUT2D eigenvalue weighted by Crippen LogP contribution is -2.52. The molecule has 1 saturated heterocycles. The molecule has 23 heavy (non-hydrogen) atoms. The zero-order valence-corrected chi connectivity index (χ0v) is 14.1. The fourth-order valence-electron chi connectivity index (χ4n) is 2.89. The van der Waals surface area contributed by atoms with E-state index in [0.717, 1.165) is 5.69 Å². The van der Waals surface area contributed by atoms with Gasteiger partial charge in [0.25, 0.3) is 5.91 Å². The van der Waals surface area contributed by atoms with Gasteiger partial charge < -0.3 is 15.7 Å². The summed E-state index contributed by atoms with van der Waals surface area (Å²) in [4.78, 5) is 25.7. The van der Waals surface area contributed by atoms with Gasteiger partial charge >= 0.3 is 6.03 Å². The number of benzene rings is 1. The Balaban J connectivity index is 2.09. The highest BCUT2D eigenvalue weighted by molar-refractivity contribution is 5.97. The first kappa shape index (κ1) is 17.3. The zero-order valence-electron chi connectivity index (χ0n) is 14.1. The first-order valence-corrected chi connectivity index (χ1v) is 7.89. The average molecular weight is 319 g/mol. The van der Waals surface area contributed by atoms with Gasteiger partial charge in [0, 0.05) is 24.3 Å². The van der Waals surface area contributed by atoms with Gasteiger partial charge in [-0.25, -0.2) is 4.79 Å². The minimum Gasteiger partial charge on any atom is -0.388 e. The van der Waals surface area contributed by atoms with E-state index in [1.54, 1.807) is 43.0 Å². The van der Waals surface area contributed by atoms with Crippen LogP contribution in [0.25, 0.3) is 0 Å². The number of rotatable bonds is 5. The highest BCUT2D eigenvalue weighted by Crippen LogP contribution is 2.19. The van der Waals surface area contributed by atoms with Crippen molar-refractivity contribution in [1.29, 1.82) is 0 Å². The van der Waals surface area contributed by atoms with Crippen LogP contribution in [0.2, 0.25) is 0 Å². The maximum atomic E-state index is 12.4. The van der Waals surface area contributed by atoms with Gasteiger partial charge in [0.15, 0.2) is 0 Å². The first-order chi connectivity index (χ1) is 10.7. The Bertz CT molecular complexity index is 576. The van der Waals surface area contributed by atoms with Crippen molar-refractivity contribution in [2.45, 2.75) is 39.3 Å². The minimum atomic E-state index is -1.00. The van der Waals surface area contributed by atoms with Crippen LogP contribution in [0.3, 0.4) is 0 Å². The van der Waals surface area contributed by atoms with Gasteiger partial charge in [-0.1, -0.05) is 13.8 Å². The van der Waals surface area contributed by atoms with Crippen LogP contribution in [-0.4, -0.2) is 41.8 Å². The fourth-order valence-corrected chi connectivity index (χ4v) is 2.89. The molecule has 1 heterocycles. The number of aliphatic hydroxyl groups is 1. The molecule has 1 aromatic rings. The number of carbonyl (C=O) groups is 2. The molecular weight excluding hydrogens is 294 g/mol. The summed E-state index contributed by atoms with van der Waals surface area (Å²) >= 11 is 0. The second kappa shape index (κ2) is 6.58. The van der Waals surface area contributed by atoms with Gasteiger partial charge in [0.2, 0.25) is 0 Å². The predicted octanol–water partition coefficient (Wildman–Crippen LogP) is 1.74. The van der Waals surface area contributed by atoms with E-state index in [1.807, 2.05) is 13.8 Å². The van der Waals surface area contributed by atoms with Crippen molar-refractivity contribution in [2.24, 2.45) is 5.92 Å². The molecule has 0 aliphatic carbocycles. The molecule has 1 atom stereocenters. The normalized spacial score (nSPS) is 16.4. The van der Waals surface area contributed by atoms with Crippen LogP contribution in [0.5, 0.6) is 0 Å². The van der Waals surface area contributed by atoms with E-state index in [9.17, 15) is 14.7 Å². The maximum absolute atomic E-state index is 12.4. The van der Waals surface area contributed by atoms with Gasteiger partial charge in [0.05, 0.1) is 11.6 Å². The fraction of sp³-hybridized carbons (Fsp3) is 0.529. The Kier molecular flexibility index (Phi) is 4.94. The van der Waals surface area contributed by atoms with E-state index in [4.69, 9.17) is 0 Å². The Labute approximate surface area is 136 Å². The summed E-state index contributed by atoms with van der Waals surface area (Å²) in [5.74, 6) is -0.130. The second-order valence-electron chi connectivity index (χ2n) is 6.78. The molecule has 1 fully saturated rings. The molecule has 0 bridgehead atoms. The second-order valence-corrected chi connectivity index (χ2v) is 6.78. The first-order valence-electron chi connectivity index (χ1n) is 7.89. The topological polar surface area (TPSA) is 81.7 Å². The van der Waals surface area contributed by atoms with Gasteiger partial charge in [-0.2, -0.15) is 0 Å². The van der Waals surface area contributed by atoms with Crippen LogP contribution < -0.4 is 15.5 Å². The van der Waals surface area contributed by atoms with Crippen molar-refractivity contribution in [3.05, 3.63) is 29.8 Å². The Morgan fingerprint density at radius 3 is 2.35 bits per heavy atom. The van der Waals surface area contributed by atoms with Gasteiger partial charge in [0.1, 0.15) is 0 Å². The van der Waals surface area contributed by atoms with Crippen LogP contribution in [0.4, 0.5) is 10.5 Å². The summed E-state index contributed by atoms with van der Waals surface area (Å²) in [6, 6.07) is 6.43. The van der Waals surface area contributed by atoms with E-state index in [1.165, 1.54) is 0 Å². The van der Waals surface area contributed by atoms with E-state index in [0.29, 0.717) is 18.7 Å². The van der Waals surface area contributed by atoms with E-state index in [-0.39, 0.29) is 23.9 Å². The van der Waals surface area contributed by atoms with Crippen LogP contribution in [-0.2, 0) is 0 Å². The number of urea groups is 1. The van der Waals surface area contributed by atoms with E-state index >= 15 is 0 Å². The van der Waals surface area contributed by atoms with Crippen LogP contribution in [0, 0.1) is 5.92 Å². The number of anilines is 1. The van der Waals surface area contributed by atoms with Crippen LogP contribution in [0.15, 0.2) is 24.3 Å². The molecule has 1 aliphatic rings. The number of nitrogens with one attached hydrogen (secondary N) is 2. The van der Waals surface area contributed by atoms with Crippen LogP contribution >= 0.6 is 0 Å². The summed E-state index contributed by atoms with van der Waals surface area (Å²) in [5, 5.41) is 15.8. The van der Waals surface area contributed by atoms with Crippen molar-refractivity contribution in [3.63, 3.8) is 0 Å². The van der Waals surface area contributed by atoms with Crippen molar-refractivity contribution < 1.29 is 14.7 Å². The molecule has 126 valence electrons. The molecule has 0 radical (unpaired) electrons. The monoisotopic (exact) mass is 319 g/mol. The van der Waals surface area contributed by atoms with E-state index < -0.39 is 5.60 Å². The predicted molar refractivity (Wildman–Crippen MR) is 89.6 cm³/mol. The summed E-state index contributed by atoms with van der Waals surface area (Å²) in [7, 11) is 0. The summed E-state index contributed by atoms with van der Waals surface area (Å²) in [6.07, 6.45) is 0. The van der Waals surface area contributed by atoms with Gasteiger partial charge in [-0.05, 0) is 44.0 Å². The molecule has 0 spiro atoms. The highest BCUT2D eigenvalue weighted by Gasteiger charge is 2.31. The number of hydrogen-bond donors (Lipinski definition) is 3. The molecular formula is C17H25N3O3. The average Bonchev–Trinajstić information content (AvgIpc) is 2.89. The van der Waals surface area contributed by atoms with Gasteiger partial charge in [-0.15, -0.1) is 0 Å². The standard InChI is InChI=1S/C17H25N3O3/c1-11(2)14(17(3,4)23)19-15(21)12-5-7-13(8-6-12)20-10-9-18-16(20)22/h5-8,11,14,23H,9-10H2,1-4H3,(H,18,22)(H,19,21)/t14-/m0/s1. The number of carbonyl (C=O) groups excluding carboxylic acids is 2. The Morgan fingerprint density at radius 2 is 1.91 bits per heavy atom. The maximum Gasteiger partial charge on any atom is 0.321 e. The zero-order chi connectivity index (χ0) is 17.2. The van der Waals surface area contributed by atoms with Crippen molar-refractivity contribution in [1.82, 2.24) is 10.6 Å². The molecule has 0 aromatic heterocycles. The lowest BCUT2D eigenvalue weighted by Gasteiger charge is -2.33. The largest absolute Gasteiger partial charge is 0.388 e. The minimum absolute atomic E-state index is 0.103. The number of hydrogen-bond acceptors (Lipinski definition) is 3. The summed E-state index contributed by atoms with van der Waals surface area (Å²) in [5.41, 5.74) is 0.264. The SMILES string of the molecule is CC(C)[C@H](NC(=O)c1ccc(N2CCNC2=O)cc1)C(C)(C)O. The molecule has 1 aliphatic heterocycles. The number of amides is 3. The summed E-state index contributed by atoms with van der Waals surface area (Å²) in [6.45, 7) is 8.54. The molecule has 0 saturated carbocycles. The lowest BCUT2D eigenvalue weighted by atomic mass is 9.89. The Morgan fingerprint density at radius 1 is 1.30 bits per heavy atom. The molecule has 6 nitrogen and oxygen atoms in total. The van der Waals surface area contributed by atoms with Crippen molar-refractivity contribution in [2.75, 3.05) is 18.0 Å². The third-order valence-electron chi connectivity index (χ3n) is 4.01. The molecule has 2 rings (SSSR count). The van der Waals surface area contributed by atoms with E-state index in [2.05, 4.69) is 10.6 Å². The molecule has 0 unspecified atom stereocenters. The Hall–Kier alpha value is -2.08. The third-order valence-corrected chi connectivity index (χ3v) is 4.01. The lowest BCUT2D eigenvalue weighted by molar-refractivity contribution is 0.0195. The van der Waals surface area contributed by atoms with Crippen LogP contribution in [0.1, 0.15) is 38.1 Å². The smallest absolute Gasteiger partial charge is 0.321 e. The molecule has 6 heteroatoms. The highest BCUT2D eigenvalue weighted by atomic mass is 16.3. The van der Waals surface area contributed by atoms with Crippen molar-refractivity contribution >= 4 is 17.6 Å².